The van der Waals surface area contributed by atoms with Crippen LogP contribution in [0.25, 0.3) is 0 Å². The van der Waals surface area contributed by atoms with Gasteiger partial charge in [0.2, 0.25) is 5.95 Å². The number of hydrogen-bond acceptors (Lipinski definition) is 4. The van der Waals surface area contributed by atoms with E-state index in [9.17, 15) is 4.79 Å². The van der Waals surface area contributed by atoms with Crippen LogP contribution in [0.3, 0.4) is 0 Å². The molecule has 4 rings (SSSR count). The van der Waals surface area contributed by atoms with Crippen molar-refractivity contribution >= 4 is 34.9 Å². The van der Waals surface area contributed by atoms with Gasteiger partial charge in [0.15, 0.2) is 5.78 Å². The zero-order valence-corrected chi connectivity index (χ0v) is 14.8. The summed E-state index contributed by atoms with van der Waals surface area (Å²) in [4.78, 5) is 17.2. The fourth-order valence-electron chi connectivity index (χ4n) is 3.50. The molecule has 0 bridgehead atoms. The summed E-state index contributed by atoms with van der Waals surface area (Å²) in [5.74, 6) is 1.77. The first-order valence-electron chi connectivity index (χ1n) is 7.85. The molecule has 2 aromatic rings. The van der Waals surface area contributed by atoms with Crippen LogP contribution in [-0.2, 0) is 4.79 Å². The summed E-state index contributed by atoms with van der Waals surface area (Å²) < 4.78 is 1.77. The molecule has 1 N–H and O–H groups in total. The van der Waals surface area contributed by atoms with Crippen molar-refractivity contribution in [3.8, 4) is 0 Å². The molecule has 1 aliphatic heterocycles. The molecule has 0 amide bonds. The van der Waals surface area contributed by atoms with Crippen LogP contribution < -0.4 is 5.32 Å². The highest BCUT2D eigenvalue weighted by molar-refractivity contribution is 6.42. The number of Topliss-reactive ketones (excluding diaryl/α,β-unsaturated/α-hetero) is 1. The second-order valence-corrected chi connectivity index (χ2v) is 7.27. The molecule has 0 fully saturated rings. The van der Waals surface area contributed by atoms with Crippen molar-refractivity contribution in [1.29, 1.82) is 0 Å². The number of hydrogen-bond donors (Lipinski definition) is 1. The predicted molar refractivity (Wildman–Crippen MR) is 93.4 cm³/mol. The third kappa shape index (κ3) is 2.43. The molecule has 1 aromatic carbocycles. The van der Waals surface area contributed by atoms with E-state index in [2.05, 4.69) is 22.3 Å². The van der Waals surface area contributed by atoms with E-state index >= 15 is 0 Å². The number of benzene rings is 1. The van der Waals surface area contributed by atoms with Crippen molar-refractivity contribution in [1.82, 2.24) is 14.8 Å². The van der Waals surface area contributed by atoms with Crippen LogP contribution in [0.5, 0.6) is 0 Å². The average Bonchev–Trinajstić information content (AvgIpc) is 2.87. The quantitative estimate of drug-likeness (QED) is 0.827. The number of nitrogens with zero attached hydrogens (tertiary/aromatic N) is 3. The number of allylic oxidation sites excluding steroid dienone is 2. The van der Waals surface area contributed by atoms with Gasteiger partial charge in [-0.2, -0.15) is 10.1 Å². The van der Waals surface area contributed by atoms with Crippen LogP contribution in [0.2, 0.25) is 10.0 Å². The summed E-state index contributed by atoms with van der Waals surface area (Å²) in [7, 11) is 0. The first-order valence-corrected chi connectivity index (χ1v) is 8.61. The smallest absolute Gasteiger partial charge is 0.226 e. The number of aromatic nitrogens is 3. The summed E-state index contributed by atoms with van der Waals surface area (Å²) in [6, 6.07) is 5.12. The van der Waals surface area contributed by atoms with E-state index in [4.69, 9.17) is 23.2 Å². The molecule has 1 aromatic heterocycles. The first-order chi connectivity index (χ1) is 11.4. The van der Waals surface area contributed by atoms with E-state index in [0.717, 1.165) is 23.3 Å². The summed E-state index contributed by atoms with van der Waals surface area (Å²) >= 11 is 12.3. The van der Waals surface area contributed by atoms with Gasteiger partial charge in [-0.05, 0) is 37.0 Å². The number of fused-ring (bicyclic) bond motifs is 1. The van der Waals surface area contributed by atoms with Crippen LogP contribution in [0.15, 0.2) is 29.5 Å². The normalized spacial score (nSPS) is 22.9. The summed E-state index contributed by atoms with van der Waals surface area (Å²) in [6.07, 6.45) is 1.37. The van der Waals surface area contributed by atoms with E-state index in [1.807, 2.05) is 13.0 Å². The number of ketones is 1. The first kappa shape index (κ1) is 15.7. The van der Waals surface area contributed by atoms with E-state index < -0.39 is 0 Å². The molecule has 124 valence electrons. The number of halogens is 2. The topological polar surface area (TPSA) is 59.8 Å². The number of anilines is 1. The number of nitrogens with one attached hydrogen (secondary N) is 1. The van der Waals surface area contributed by atoms with Gasteiger partial charge in [-0.15, -0.1) is 0 Å². The van der Waals surface area contributed by atoms with Crippen LogP contribution in [0.1, 0.15) is 37.2 Å². The van der Waals surface area contributed by atoms with Gasteiger partial charge in [-0.1, -0.05) is 36.2 Å². The van der Waals surface area contributed by atoms with Crippen molar-refractivity contribution in [2.45, 2.75) is 32.7 Å². The minimum absolute atomic E-state index is 0.145. The lowest BCUT2D eigenvalue weighted by Crippen LogP contribution is -2.33. The standard InChI is InChI=1S/C17H16Cl2N4O/c1-8-5-13-15(14(24)6-8)16(10-3-4-11(18)12(19)7-10)23-17(21-13)20-9(2)22-23/h3-4,7-8,16H,5-6H2,1-2H3,(H,20,21,22). The summed E-state index contributed by atoms with van der Waals surface area (Å²) in [5, 5.41) is 8.73. The highest BCUT2D eigenvalue weighted by atomic mass is 35.5. The average molecular weight is 363 g/mol. The van der Waals surface area contributed by atoms with Gasteiger partial charge < -0.3 is 5.32 Å². The zero-order chi connectivity index (χ0) is 17.0. The highest BCUT2D eigenvalue weighted by Crippen LogP contribution is 2.42. The fourth-order valence-corrected chi connectivity index (χ4v) is 3.81. The van der Waals surface area contributed by atoms with Gasteiger partial charge >= 0.3 is 0 Å². The monoisotopic (exact) mass is 362 g/mol. The van der Waals surface area contributed by atoms with E-state index in [1.54, 1.807) is 16.8 Å². The molecule has 2 heterocycles. The Bertz CT molecular complexity index is 887. The Labute approximate surface area is 149 Å². The van der Waals surface area contributed by atoms with Crippen LogP contribution in [-0.4, -0.2) is 20.5 Å². The Hall–Kier alpha value is -1.85. The van der Waals surface area contributed by atoms with Crippen LogP contribution in [0.4, 0.5) is 5.95 Å². The highest BCUT2D eigenvalue weighted by Gasteiger charge is 2.38. The molecule has 0 saturated heterocycles. The van der Waals surface area contributed by atoms with Crippen molar-refractivity contribution in [3.05, 3.63) is 50.9 Å². The van der Waals surface area contributed by atoms with Crippen molar-refractivity contribution < 1.29 is 4.79 Å². The maximum atomic E-state index is 12.8. The number of carbonyl (C=O) groups is 1. The number of carbonyl (C=O) groups excluding carboxylic acids is 1. The van der Waals surface area contributed by atoms with Gasteiger partial charge in [0, 0.05) is 17.7 Å². The Morgan fingerprint density at radius 3 is 2.79 bits per heavy atom. The largest absolute Gasteiger partial charge is 0.328 e. The van der Waals surface area contributed by atoms with Gasteiger partial charge in [-0.3, -0.25) is 4.79 Å². The lowest BCUT2D eigenvalue weighted by Gasteiger charge is -2.34. The molecule has 24 heavy (non-hydrogen) atoms. The SMILES string of the molecule is Cc1nc2n(n1)C(c1ccc(Cl)c(Cl)c1)C1=C(CC(C)CC1=O)N2. The predicted octanol–water partition coefficient (Wildman–Crippen LogP) is 4.16. The second kappa shape index (κ2) is 5.60. The zero-order valence-electron chi connectivity index (χ0n) is 13.3. The fraction of sp³-hybridized carbons (Fsp3) is 0.353. The molecule has 7 heteroatoms. The van der Waals surface area contributed by atoms with Gasteiger partial charge in [-0.25, -0.2) is 4.68 Å². The lowest BCUT2D eigenvalue weighted by molar-refractivity contribution is -0.117. The molecule has 0 spiro atoms. The summed E-state index contributed by atoms with van der Waals surface area (Å²) in [5.41, 5.74) is 2.58. The maximum Gasteiger partial charge on any atom is 0.226 e. The van der Waals surface area contributed by atoms with E-state index in [1.165, 1.54) is 0 Å². The van der Waals surface area contributed by atoms with E-state index in [-0.39, 0.29) is 11.8 Å². The third-order valence-electron chi connectivity index (χ3n) is 4.49. The third-order valence-corrected chi connectivity index (χ3v) is 5.23. The summed E-state index contributed by atoms with van der Waals surface area (Å²) in [6.45, 7) is 3.92. The molecular formula is C17H16Cl2N4O. The Morgan fingerprint density at radius 2 is 2.04 bits per heavy atom. The molecule has 1 aliphatic carbocycles. The van der Waals surface area contributed by atoms with Crippen molar-refractivity contribution in [2.75, 3.05) is 5.32 Å². The van der Waals surface area contributed by atoms with Crippen molar-refractivity contribution in [3.63, 3.8) is 0 Å². The maximum absolute atomic E-state index is 12.8. The van der Waals surface area contributed by atoms with Gasteiger partial charge in [0.25, 0.3) is 0 Å². The van der Waals surface area contributed by atoms with Crippen molar-refractivity contribution in [2.24, 2.45) is 5.92 Å². The Kier molecular flexibility index (Phi) is 3.66. The number of rotatable bonds is 1. The van der Waals surface area contributed by atoms with Gasteiger partial charge in [0.05, 0.1) is 10.0 Å². The van der Waals surface area contributed by atoms with Gasteiger partial charge in [0.1, 0.15) is 11.9 Å². The second-order valence-electron chi connectivity index (χ2n) is 6.46. The molecule has 2 atom stereocenters. The Balaban J connectivity index is 1.93. The molecule has 5 nitrogen and oxygen atoms in total. The number of aryl methyl sites for hydroxylation is 1. The molecule has 0 saturated carbocycles. The molecular weight excluding hydrogens is 347 g/mol. The minimum atomic E-state index is -0.327. The minimum Gasteiger partial charge on any atom is -0.328 e. The molecule has 2 aliphatic rings. The van der Waals surface area contributed by atoms with E-state index in [0.29, 0.717) is 34.2 Å². The lowest BCUT2D eigenvalue weighted by atomic mass is 9.81. The molecule has 0 radical (unpaired) electrons. The van der Waals surface area contributed by atoms with Crippen LogP contribution in [0, 0.1) is 12.8 Å². The van der Waals surface area contributed by atoms with Crippen LogP contribution >= 0.6 is 23.2 Å². The molecule has 2 unspecified atom stereocenters. The Morgan fingerprint density at radius 1 is 1.25 bits per heavy atom.